The average molecular weight is 1730 g/mol. The van der Waals surface area contributed by atoms with Crippen LogP contribution in [0, 0.1) is 0 Å². The van der Waals surface area contributed by atoms with E-state index in [4.69, 9.17) is 64.3 Å². The third-order valence-corrected chi connectivity index (χ3v) is 13.3. The van der Waals surface area contributed by atoms with Gasteiger partial charge in [-0.1, -0.05) is 12.5 Å². The SMILES string of the molecule is C.CN(C(=O)OC(C)(C)C)[C@H](COC(=O)OC(C)(C)C)CC(F)(F)CN=[N+]=[N-].CN(C(=O)OC(C)(C)C)[C@H](COC(=O)OC(C)(C)C)CC(F)(F)CO.CN(C(=O)OC(C)(C)C)[C@H](COC(=O)OC(C)(C)C)CC(F)(F)COS(=O)(=O)C(F)(F)F.O=S(=O)(OS(=O)(=O)C(F)(F)F)C(F)(F)F.S.S.S.[N-]=[N+]=[N-].[Na+]. The number of nitrogens with zero attached hydrogens (tertiary/aromatic N) is 9. The molecular weight excluding hydrogens is 1630 g/mol. The van der Waals surface area contributed by atoms with E-state index in [1.54, 1.807) is 83.1 Å². The monoisotopic (exact) mass is 1730 g/mol. The second kappa shape index (κ2) is 48.7. The minimum Gasteiger partial charge on any atom is -0.444 e. The van der Waals surface area contributed by atoms with Crippen LogP contribution in [-0.2, 0) is 80.8 Å². The van der Waals surface area contributed by atoms with Gasteiger partial charge in [0.1, 0.15) is 66.6 Å². The van der Waals surface area contributed by atoms with Crippen molar-refractivity contribution in [3.8, 4) is 0 Å². The first kappa shape index (κ1) is 123. The number of azide groups is 1. The maximum atomic E-state index is 14.2. The molecule has 0 aromatic rings. The van der Waals surface area contributed by atoms with E-state index >= 15 is 0 Å². The summed E-state index contributed by atoms with van der Waals surface area (Å²) in [5.74, 6) is -11.0. The second-order valence-corrected chi connectivity index (χ2v) is 31.3. The fourth-order valence-corrected chi connectivity index (χ4v) is 7.51. The van der Waals surface area contributed by atoms with Crippen LogP contribution >= 0.6 is 40.5 Å². The molecule has 0 radical (unpaired) electrons. The van der Waals surface area contributed by atoms with Gasteiger partial charge < -0.3 is 73.5 Å². The number of halogens is 15. The molecule has 0 spiro atoms. The molecule has 107 heavy (non-hydrogen) atoms. The number of carbonyl (C=O) groups excluding carboxylic acids is 6. The minimum atomic E-state index is -6.85. The van der Waals surface area contributed by atoms with Crippen molar-refractivity contribution in [2.24, 2.45) is 5.11 Å². The van der Waals surface area contributed by atoms with Gasteiger partial charge in [-0.3, -0.25) is 9.09 Å². The largest absolute Gasteiger partial charge is 1.00 e. The van der Waals surface area contributed by atoms with Crippen LogP contribution in [-0.4, -0.2) is 229 Å². The first-order valence-corrected chi connectivity index (χ1v) is 32.4. The minimum absolute atomic E-state index is 0. The summed E-state index contributed by atoms with van der Waals surface area (Å²) in [7, 11) is -16.4. The number of alkyl halides is 15. The molecule has 0 aliphatic carbocycles. The Bertz CT molecular complexity index is 3100. The number of hydrogen-bond acceptors (Lipinski definition) is 25. The van der Waals surface area contributed by atoms with Crippen molar-refractivity contribution in [2.45, 2.75) is 237 Å². The number of carbonyl (C=O) groups is 6. The number of ether oxygens (including phenoxy) is 9. The van der Waals surface area contributed by atoms with E-state index < -0.39 is 212 Å². The summed E-state index contributed by atoms with van der Waals surface area (Å²) in [6.45, 7) is 21.9. The Labute approximate surface area is 653 Å². The third kappa shape index (κ3) is 61.3. The Kier molecular flexibility index (Phi) is 55.9. The van der Waals surface area contributed by atoms with Crippen molar-refractivity contribution in [3.05, 3.63) is 26.4 Å². The van der Waals surface area contributed by atoms with Crippen LogP contribution in [0.15, 0.2) is 5.11 Å². The van der Waals surface area contributed by atoms with E-state index in [9.17, 15) is 120 Å². The van der Waals surface area contributed by atoms with Crippen molar-refractivity contribution >= 4 is 108 Å². The predicted octanol–water partition coefficient (Wildman–Crippen LogP) is 11.3. The number of aliphatic hydroxyl groups is 1. The zero-order valence-electron chi connectivity index (χ0n) is 61.4. The molecule has 55 heteroatoms. The summed E-state index contributed by atoms with van der Waals surface area (Å²) in [6, 6.07) is -4.06. The van der Waals surface area contributed by atoms with Gasteiger partial charge in [-0.05, 0) is 130 Å². The Balaban J connectivity index is -0.000000146. The molecule has 1 N–H and O–H groups in total. The number of likely N-dealkylation sites (N-methyl/N-ethyl adjacent to an activating group) is 3. The van der Waals surface area contributed by atoms with Crippen molar-refractivity contribution in [1.29, 1.82) is 0 Å². The molecule has 3 atom stereocenters. The van der Waals surface area contributed by atoms with Gasteiger partial charge in [0.15, 0.2) is 0 Å². The van der Waals surface area contributed by atoms with Gasteiger partial charge in [-0.25, -0.2) is 55.1 Å². The molecule has 0 unspecified atom stereocenters. The molecule has 0 rings (SSSR count). The first-order chi connectivity index (χ1) is 44.7. The molecule has 0 heterocycles. The maximum absolute atomic E-state index is 14.2. The molecule has 0 aliphatic heterocycles. The molecule has 634 valence electrons. The molecule has 3 amide bonds. The van der Waals surface area contributed by atoms with Crippen LogP contribution in [0.5, 0.6) is 0 Å². The zero-order valence-corrected chi connectivity index (χ0v) is 68.8. The molecular formula is C52H95F15N9NaO24S6. The maximum Gasteiger partial charge on any atom is 1.00 e. The molecule has 0 aromatic heterocycles. The Hall–Kier alpha value is -5.03. The fourth-order valence-electron chi connectivity index (χ4n) is 5.49. The second-order valence-electron chi connectivity index (χ2n) is 26.4. The quantitative estimate of drug-likeness (QED) is 0.0114. The summed E-state index contributed by atoms with van der Waals surface area (Å²) >= 11 is 0. The molecule has 0 fully saturated rings. The number of aliphatic hydroxyl groups excluding tert-OH is 1. The Morgan fingerprint density at radius 2 is 0.626 bits per heavy atom. The Morgan fingerprint density at radius 1 is 0.411 bits per heavy atom. The van der Waals surface area contributed by atoms with Crippen molar-refractivity contribution in [2.75, 3.05) is 60.7 Å². The van der Waals surface area contributed by atoms with Crippen molar-refractivity contribution in [1.82, 2.24) is 14.7 Å². The molecule has 0 saturated carbocycles. The van der Waals surface area contributed by atoms with Gasteiger partial charge in [-0.15, -0.1) is 3.63 Å². The van der Waals surface area contributed by atoms with E-state index in [1.165, 1.54) is 60.5 Å². The van der Waals surface area contributed by atoms with E-state index in [-0.39, 0.29) is 77.5 Å². The molecule has 0 aromatic carbocycles. The number of hydrogen-bond donors (Lipinski definition) is 1. The summed E-state index contributed by atoms with van der Waals surface area (Å²) < 4.78 is 300. The van der Waals surface area contributed by atoms with E-state index in [0.717, 1.165) is 16.8 Å². The van der Waals surface area contributed by atoms with Crippen LogP contribution in [0.3, 0.4) is 0 Å². The van der Waals surface area contributed by atoms with Crippen LogP contribution in [0.2, 0.25) is 0 Å². The first-order valence-electron chi connectivity index (χ1n) is 28.2. The molecule has 33 nitrogen and oxygen atoms in total. The topological polar surface area (TPSA) is 444 Å². The zero-order chi connectivity index (χ0) is 82.7. The summed E-state index contributed by atoms with van der Waals surface area (Å²) in [5.41, 5.74) is -1.97. The van der Waals surface area contributed by atoms with Crippen molar-refractivity contribution < 1.29 is 205 Å². The summed E-state index contributed by atoms with van der Waals surface area (Å²) in [4.78, 5) is 77.8. The Morgan fingerprint density at radius 3 is 0.822 bits per heavy atom. The van der Waals surface area contributed by atoms with Gasteiger partial charge in [0.25, 0.3) is 17.8 Å². The number of amides is 3. The number of rotatable bonds is 23. The van der Waals surface area contributed by atoms with E-state index in [2.05, 4.69) is 14.2 Å². The van der Waals surface area contributed by atoms with Gasteiger partial charge in [-0.2, -0.15) is 105 Å². The fraction of sp³-hybridized carbons (Fsp3) is 0.885. The van der Waals surface area contributed by atoms with Gasteiger partial charge in [0.2, 0.25) is 0 Å². The van der Waals surface area contributed by atoms with E-state index in [0.29, 0.717) is 4.90 Å². The van der Waals surface area contributed by atoms with Crippen LogP contribution < -0.4 is 29.6 Å². The van der Waals surface area contributed by atoms with Crippen LogP contribution in [0.1, 0.15) is 151 Å². The van der Waals surface area contributed by atoms with Gasteiger partial charge >= 0.3 is 113 Å². The summed E-state index contributed by atoms with van der Waals surface area (Å²) in [6.07, 6.45) is -9.37. The normalized spacial score (nSPS) is 13.1. The van der Waals surface area contributed by atoms with Crippen molar-refractivity contribution in [3.63, 3.8) is 0 Å². The smallest absolute Gasteiger partial charge is 0.444 e. The molecule has 0 saturated heterocycles. The standard InChI is InChI=1S/C17H28F5NO8S.C16H28F2N4O5.C16H29F2NO6.C2F6O5S2.CH4.N3.Na.3H2S/c1-14(2,3)30-12(24)23(7)11(9-28-13(25)31-15(4,5)6)8-16(18,19)10-29-32(26,27)17(20,21)22;1-14(2,3)26-12(23)22(7)11(8-16(17,18)10-20-21-19)9-25-13(24)27-15(4,5)6;1-14(2,3)24-12(21)19(7)11(8-16(17,18)10-20)9-23-13(22)25-15(4,5)6;3-1(4,5)14(9,10)13-15(11,12)2(6,7)8;;1-3-2;;;;/h11H,8-10H2,1-7H3;11H,8-10H2,1-7H3;11,20H,8-10H2,1-7H3;;1H4;;;3*1H2/q;;;;;-1;+1;;;/t3*11-;;;;;;;/m000......./s1. The van der Waals surface area contributed by atoms with Gasteiger partial charge in [0.05, 0.1) is 24.7 Å². The molecule has 0 aliphatic rings. The van der Waals surface area contributed by atoms with E-state index in [1.807, 2.05) is 3.63 Å². The molecule has 0 bridgehead atoms. The third-order valence-electron chi connectivity index (χ3n) is 9.69. The average Bonchev–Trinajstić information content (AvgIpc) is 0.794. The van der Waals surface area contributed by atoms with Crippen LogP contribution in [0.25, 0.3) is 26.4 Å². The van der Waals surface area contributed by atoms with Gasteiger partial charge in [0, 0.05) is 45.3 Å². The summed E-state index contributed by atoms with van der Waals surface area (Å²) in [5, 5.41) is 11.6. The predicted molar refractivity (Wildman–Crippen MR) is 360 cm³/mol. The van der Waals surface area contributed by atoms with Crippen LogP contribution in [0.4, 0.5) is 94.6 Å².